The zero-order valence-corrected chi connectivity index (χ0v) is 13.5. The third-order valence-electron chi connectivity index (χ3n) is 3.92. The molecule has 3 aromatic rings. The molecule has 0 fully saturated rings. The number of fused-ring (bicyclic) bond motifs is 1. The summed E-state index contributed by atoms with van der Waals surface area (Å²) in [6, 6.07) is 11.8. The van der Waals surface area contributed by atoms with Crippen LogP contribution in [0, 0.1) is 5.82 Å². The van der Waals surface area contributed by atoms with Crippen molar-refractivity contribution in [3.05, 3.63) is 63.9 Å². The Morgan fingerprint density at radius 3 is 2.57 bits per heavy atom. The Morgan fingerprint density at radius 2 is 1.83 bits per heavy atom. The van der Waals surface area contributed by atoms with Crippen LogP contribution < -0.4 is 5.32 Å². The molecule has 1 aliphatic heterocycles. The van der Waals surface area contributed by atoms with E-state index >= 15 is 0 Å². The molecule has 4 rings (SSSR count). The average molecular weight is 348 g/mol. The number of nitrogens with one attached hydrogen (secondary N) is 1. The zero-order valence-electron chi connectivity index (χ0n) is 12.0. The van der Waals surface area contributed by atoms with Crippen molar-refractivity contribution in [1.82, 2.24) is 9.78 Å². The molecule has 2 aromatic carbocycles. The van der Waals surface area contributed by atoms with Crippen molar-refractivity contribution in [3.8, 4) is 16.9 Å². The van der Waals surface area contributed by atoms with Gasteiger partial charge in [0.1, 0.15) is 11.6 Å². The van der Waals surface area contributed by atoms with Crippen molar-refractivity contribution in [1.29, 1.82) is 0 Å². The molecule has 0 spiro atoms. The lowest BCUT2D eigenvalue weighted by Crippen LogP contribution is -2.04. The van der Waals surface area contributed by atoms with Gasteiger partial charge in [0.15, 0.2) is 0 Å². The molecule has 23 heavy (non-hydrogen) atoms. The number of aromatic nitrogens is 2. The Kier molecular flexibility index (Phi) is 3.51. The first-order valence-corrected chi connectivity index (χ1v) is 7.96. The number of anilines is 1. The fourth-order valence-corrected chi connectivity index (χ4v) is 3.12. The molecule has 0 saturated heterocycles. The fraction of sp³-hybridized carbons (Fsp3) is 0.118. The summed E-state index contributed by atoms with van der Waals surface area (Å²) in [4.78, 5) is 0. The van der Waals surface area contributed by atoms with Crippen LogP contribution in [0.2, 0.25) is 10.0 Å². The van der Waals surface area contributed by atoms with Crippen LogP contribution in [0.4, 0.5) is 10.2 Å². The topological polar surface area (TPSA) is 29.9 Å². The van der Waals surface area contributed by atoms with E-state index in [0.29, 0.717) is 10.0 Å². The Hall–Kier alpha value is -2.04. The van der Waals surface area contributed by atoms with Gasteiger partial charge < -0.3 is 5.32 Å². The molecular weight excluding hydrogens is 336 g/mol. The average Bonchev–Trinajstić information content (AvgIpc) is 3.13. The highest BCUT2D eigenvalue weighted by molar-refractivity contribution is 6.42. The van der Waals surface area contributed by atoms with Crippen LogP contribution in [0.1, 0.15) is 5.56 Å². The minimum Gasteiger partial charge on any atom is -0.369 e. The second-order valence-electron chi connectivity index (χ2n) is 5.37. The third-order valence-corrected chi connectivity index (χ3v) is 4.65. The van der Waals surface area contributed by atoms with E-state index in [0.717, 1.165) is 41.3 Å². The van der Waals surface area contributed by atoms with Gasteiger partial charge in [0.05, 0.1) is 21.4 Å². The molecule has 3 nitrogen and oxygen atoms in total. The number of hydrogen-bond donors (Lipinski definition) is 1. The normalized spacial score (nSPS) is 13.0. The highest BCUT2D eigenvalue weighted by atomic mass is 35.5. The van der Waals surface area contributed by atoms with E-state index in [1.807, 2.05) is 12.1 Å². The van der Waals surface area contributed by atoms with Crippen molar-refractivity contribution in [2.75, 3.05) is 11.9 Å². The van der Waals surface area contributed by atoms with Gasteiger partial charge >= 0.3 is 0 Å². The van der Waals surface area contributed by atoms with Crippen LogP contribution in [0.5, 0.6) is 0 Å². The molecule has 0 saturated carbocycles. The molecule has 1 N–H and O–H groups in total. The number of nitrogens with zero attached hydrogens (tertiary/aromatic N) is 2. The first-order valence-electron chi connectivity index (χ1n) is 7.20. The number of rotatable bonds is 2. The van der Waals surface area contributed by atoms with Crippen molar-refractivity contribution in [2.45, 2.75) is 6.42 Å². The van der Waals surface area contributed by atoms with Gasteiger partial charge in [-0.25, -0.2) is 9.07 Å². The molecule has 0 amide bonds. The number of halogens is 3. The molecule has 1 aromatic heterocycles. The van der Waals surface area contributed by atoms with Crippen LogP contribution >= 0.6 is 23.2 Å². The third kappa shape index (κ3) is 2.48. The van der Waals surface area contributed by atoms with Crippen LogP contribution in [0.3, 0.4) is 0 Å². The van der Waals surface area contributed by atoms with Gasteiger partial charge in [0.2, 0.25) is 0 Å². The number of hydrogen-bond acceptors (Lipinski definition) is 2. The maximum Gasteiger partial charge on any atom is 0.133 e. The van der Waals surface area contributed by atoms with Crippen molar-refractivity contribution in [2.24, 2.45) is 0 Å². The van der Waals surface area contributed by atoms with Gasteiger partial charge in [-0.05, 0) is 42.8 Å². The molecule has 0 bridgehead atoms. The van der Waals surface area contributed by atoms with E-state index in [-0.39, 0.29) is 5.82 Å². The quantitative estimate of drug-likeness (QED) is 0.710. The summed E-state index contributed by atoms with van der Waals surface area (Å²) in [5.74, 6) is 0.674. The number of benzene rings is 2. The predicted octanol–water partition coefficient (Wildman–Crippen LogP) is 4.95. The summed E-state index contributed by atoms with van der Waals surface area (Å²) >= 11 is 12.1. The van der Waals surface area contributed by atoms with Crippen molar-refractivity contribution in [3.63, 3.8) is 0 Å². The van der Waals surface area contributed by atoms with E-state index < -0.39 is 0 Å². The van der Waals surface area contributed by atoms with E-state index in [2.05, 4.69) is 5.32 Å². The molecular formula is C17H12Cl2FN3. The van der Waals surface area contributed by atoms with E-state index in [9.17, 15) is 4.39 Å². The monoisotopic (exact) mass is 347 g/mol. The van der Waals surface area contributed by atoms with Gasteiger partial charge in [0, 0.05) is 17.7 Å². The SMILES string of the molecule is Fc1ccc(-n2nc(-c3ccc(Cl)c(Cl)c3)c3c2NCC3)cc1. The molecule has 6 heteroatoms. The first kappa shape index (κ1) is 14.5. The first-order chi connectivity index (χ1) is 11.1. The summed E-state index contributed by atoms with van der Waals surface area (Å²) in [5.41, 5.74) is 3.73. The molecule has 2 heterocycles. The minimum absolute atomic E-state index is 0.268. The summed E-state index contributed by atoms with van der Waals surface area (Å²) in [6.07, 6.45) is 0.881. The Labute approximate surface area is 142 Å². The minimum atomic E-state index is -0.268. The van der Waals surface area contributed by atoms with Crippen LogP contribution in [-0.2, 0) is 6.42 Å². The Bertz CT molecular complexity index is 888. The van der Waals surface area contributed by atoms with Gasteiger partial charge in [-0.1, -0.05) is 29.3 Å². The van der Waals surface area contributed by atoms with E-state index in [1.54, 1.807) is 22.9 Å². The van der Waals surface area contributed by atoms with Crippen LogP contribution in [0.25, 0.3) is 16.9 Å². The van der Waals surface area contributed by atoms with Crippen molar-refractivity contribution >= 4 is 29.0 Å². The maximum absolute atomic E-state index is 13.2. The summed E-state index contributed by atoms with van der Waals surface area (Å²) in [6.45, 7) is 0.850. The maximum atomic E-state index is 13.2. The van der Waals surface area contributed by atoms with Gasteiger partial charge in [0.25, 0.3) is 0 Å². The van der Waals surface area contributed by atoms with E-state index in [4.69, 9.17) is 28.3 Å². The second kappa shape index (κ2) is 5.55. The molecule has 1 aliphatic rings. The molecule has 0 aliphatic carbocycles. The Balaban J connectivity index is 1.87. The largest absolute Gasteiger partial charge is 0.369 e. The predicted molar refractivity (Wildman–Crippen MR) is 91.2 cm³/mol. The highest BCUT2D eigenvalue weighted by Crippen LogP contribution is 2.36. The Morgan fingerprint density at radius 1 is 1.04 bits per heavy atom. The van der Waals surface area contributed by atoms with Gasteiger partial charge in [-0.3, -0.25) is 0 Å². The van der Waals surface area contributed by atoms with Crippen molar-refractivity contribution < 1.29 is 4.39 Å². The fourth-order valence-electron chi connectivity index (χ4n) is 2.82. The lowest BCUT2D eigenvalue weighted by atomic mass is 10.1. The van der Waals surface area contributed by atoms with Gasteiger partial charge in [-0.2, -0.15) is 5.10 Å². The lowest BCUT2D eigenvalue weighted by molar-refractivity contribution is 0.627. The summed E-state index contributed by atoms with van der Waals surface area (Å²) in [5, 5.41) is 9.07. The zero-order chi connectivity index (χ0) is 16.0. The lowest BCUT2D eigenvalue weighted by Gasteiger charge is -2.06. The smallest absolute Gasteiger partial charge is 0.133 e. The molecule has 116 valence electrons. The standard InChI is InChI=1S/C17H12Cl2FN3/c18-14-6-1-10(9-15(14)19)16-13-7-8-21-17(13)23(22-16)12-4-2-11(20)3-5-12/h1-6,9,21H,7-8H2. The second-order valence-corrected chi connectivity index (χ2v) is 6.18. The molecule has 0 atom stereocenters. The van der Waals surface area contributed by atoms with Crippen LogP contribution in [0.15, 0.2) is 42.5 Å². The highest BCUT2D eigenvalue weighted by Gasteiger charge is 2.24. The summed E-state index contributed by atoms with van der Waals surface area (Å²) in [7, 11) is 0. The summed E-state index contributed by atoms with van der Waals surface area (Å²) < 4.78 is 15.0. The van der Waals surface area contributed by atoms with Gasteiger partial charge in [-0.15, -0.1) is 0 Å². The van der Waals surface area contributed by atoms with Crippen LogP contribution in [-0.4, -0.2) is 16.3 Å². The van der Waals surface area contributed by atoms with E-state index in [1.165, 1.54) is 12.1 Å². The molecule has 0 radical (unpaired) electrons. The molecule has 0 unspecified atom stereocenters.